The molecule has 0 aliphatic carbocycles. The van der Waals surface area contributed by atoms with Crippen LogP contribution in [0.5, 0.6) is 11.5 Å². The Bertz CT molecular complexity index is 1160. The topological polar surface area (TPSA) is 121 Å². The molecule has 144 valence electrons. The summed E-state index contributed by atoms with van der Waals surface area (Å²) in [6, 6.07) is 8.08. The number of amides is 1. The van der Waals surface area contributed by atoms with E-state index in [4.69, 9.17) is 25.5 Å². The van der Waals surface area contributed by atoms with Crippen LogP contribution in [0.15, 0.2) is 45.6 Å². The van der Waals surface area contributed by atoms with Crippen molar-refractivity contribution in [3.8, 4) is 11.5 Å². The number of methoxy groups -OCH3 is 2. The zero-order valence-electron chi connectivity index (χ0n) is 14.6. The van der Waals surface area contributed by atoms with Crippen molar-refractivity contribution < 1.29 is 23.6 Å². The standard InChI is InChI=1S/C18H13ClN2O7/c1-26-14-4-3-10(19)7-13(14)20-17(22)12-6-9-5-11(21(24)25)8-15(27-2)16(9)28-18(12)23/h3-8H,1-2H3,(H,20,22). The van der Waals surface area contributed by atoms with E-state index in [-0.39, 0.29) is 33.7 Å². The maximum Gasteiger partial charge on any atom is 0.349 e. The second-order valence-electron chi connectivity index (χ2n) is 5.57. The van der Waals surface area contributed by atoms with Crippen molar-refractivity contribution in [2.24, 2.45) is 0 Å². The Morgan fingerprint density at radius 1 is 1.14 bits per heavy atom. The van der Waals surface area contributed by atoms with E-state index in [1.807, 2.05) is 0 Å². The van der Waals surface area contributed by atoms with Crippen LogP contribution in [0, 0.1) is 10.1 Å². The lowest BCUT2D eigenvalue weighted by molar-refractivity contribution is -0.384. The highest BCUT2D eigenvalue weighted by atomic mass is 35.5. The number of carbonyl (C=O) groups excluding carboxylic acids is 1. The number of carbonyl (C=O) groups is 1. The van der Waals surface area contributed by atoms with Gasteiger partial charge in [0, 0.05) is 16.5 Å². The zero-order chi connectivity index (χ0) is 20.4. The Hall–Kier alpha value is -3.59. The molecule has 28 heavy (non-hydrogen) atoms. The quantitative estimate of drug-likeness (QED) is 0.391. The van der Waals surface area contributed by atoms with Gasteiger partial charge in [-0.2, -0.15) is 0 Å². The average Bonchev–Trinajstić information content (AvgIpc) is 2.66. The Morgan fingerprint density at radius 2 is 1.86 bits per heavy atom. The molecular weight excluding hydrogens is 392 g/mol. The summed E-state index contributed by atoms with van der Waals surface area (Å²) < 4.78 is 15.4. The summed E-state index contributed by atoms with van der Waals surface area (Å²) in [5.41, 5.74) is -1.32. The lowest BCUT2D eigenvalue weighted by Gasteiger charge is -2.10. The van der Waals surface area contributed by atoms with Crippen LogP contribution in [0.1, 0.15) is 10.4 Å². The number of non-ortho nitro benzene ring substituents is 1. The minimum absolute atomic E-state index is 0.00442. The molecule has 0 aliphatic rings. The van der Waals surface area contributed by atoms with Gasteiger partial charge in [0.05, 0.1) is 30.9 Å². The second kappa shape index (κ2) is 7.57. The number of nitrogens with zero attached hydrogens (tertiary/aromatic N) is 1. The number of hydrogen-bond acceptors (Lipinski definition) is 7. The van der Waals surface area contributed by atoms with E-state index >= 15 is 0 Å². The molecule has 1 heterocycles. The van der Waals surface area contributed by atoms with E-state index in [2.05, 4.69) is 5.32 Å². The van der Waals surface area contributed by atoms with Gasteiger partial charge >= 0.3 is 5.63 Å². The highest BCUT2D eigenvalue weighted by Gasteiger charge is 2.20. The molecule has 3 rings (SSSR count). The van der Waals surface area contributed by atoms with Crippen molar-refractivity contribution in [3.05, 3.63) is 67.5 Å². The van der Waals surface area contributed by atoms with E-state index in [1.54, 1.807) is 12.1 Å². The summed E-state index contributed by atoms with van der Waals surface area (Å²) in [5.74, 6) is -0.452. The van der Waals surface area contributed by atoms with Gasteiger partial charge in [0.15, 0.2) is 11.3 Å². The van der Waals surface area contributed by atoms with Crippen molar-refractivity contribution >= 4 is 39.9 Å². The molecule has 9 nitrogen and oxygen atoms in total. The number of benzene rings is 2. The van der Waals surface area contributed by atoms with Gasteiger partial charge < -0.3 is 19.2 Å². The van der Waals surface area contributed by atoms with Gasteiger partial charge in [0.25, 0.3) is 11.6 Å². The van der Waals surface area contributed by atoms with E-state index in [0.717, 1.165) is 6.07 Å². The number of hydrogen-bond donors (Lipinski definition) is 1. The Balaban J connectivity index is 2.09. The molecule has 0 saturated carbocycles. The minimum Gasteiger partial charge on any atom is -0.495 e. The first-order chi connectivity index (χ1) is 13.3. The minimum atomic E-state index is -0.932. The molecule has 3 aromatic rings. The number of nitro groups is 1. The van der Waals surface area contributed by atoms with E-state index in [0.29, 0.717) is 10.8 Å². The lowest BCUT2D eigenvalue weighted by Crippen LogP contribution is -2.21. The first-order valence-corrected chi connectivity index (χ1v) is 8.17. The molecule has 1 N–H and O–H groups in total. The number of nitro benzene ring substituents is 1. The summed E-state index contributed by atoms with van der Waals surface area (Å²) in [7, 11) is 2.69. The fourth-order valence-electron chi connectivity index (χ4n) is 2.57. The highest BCUT2D eigenvalue weighted by Crippen LogP contribution is 2.31. The monoisotopic (exact) mass is 404 g/mol. The molecule has 0 bridgehead atoms. The lowest BCUT2D eigenvalue weighted by atomic mass is 10.1. The van der Waals surface area contributed by atoms with Gasteiger partial charge in [-0.15, -0.1) is 0 Å². The van der Waals surface area contributed by atoms with Gasteiger partial charge in [-0.1, -0.05) is 11.6 Å². The van der Waals surface area contributed by atoms with Crippen LogP contribution in [-0.4, -0.2) is 25.1 Å². The van der Waals surface area contributed by atoms with Gasteiger partial charge in [0.1, 0.15) is 11.3 Å². The summed E-state index contributed by atoms with van der Waals surface area (Å²) in [6.07, 6.45) is 0. The Labute approximate surface area is 162 Å². The predicted octanol–water partition coefficient (Wildman–Crippen LogP) is 3.62. The van der Waals surface area contributed by atoms with Crippen molar-refractivity contribution in [1.29, 1.82) is 0 Å². The average molecular weight is 405 g/mol. The smallest absolute Gasteiger partial charge is 0.349 e. The van der Waals surface area contributed by atoms with E-state index < -0.39 is 16.5 Å². The van der Waals surface area contributed by atoms with Crippen molar-refractivity contribution in [3.63, 3.8) is 0 Å². The fourth-order valence-corrected chi connectivity index (χ4v) is 2.74. The number of halogens is 1. The van der Waals surface area contributed by atoms with Crippen LogP contribution in [-0.2, 0) is 0 Å². The second-order valence-corrected chi connectivity index (χ2v) is 6.01. The molecule has 2 aromatic carbocycles. The van der Waals surface area contributed by atoms with Gasteiger partial charge in [0.2, 0.25) is 0 Å². The molecule has 1 aromatic heterocycles. The molecule has 0 saturated heterocycles. The van der Waals surface area contributed by atoms with Crippen LogP contribution in [0.2, 0.25) is 5.02 Å². The van der Waals surface area contributed by atoms with Crippen molar-refractivity contribution in [1.82, 2.24) is 0 Å². The van der Waals surface area contributed by atoms with Gasteiger partial charge in [-0.25, -0.2) is 4.79 Å². The number of fused-ring (bicyclic) bond motifs is 1. The van der Waals surface area contributed by atoms with Crippen LogP contribution >= 0.6 is 11.6 Å². The highest BCUT2D eigenvalue weighted by molar-refractivity contribution is 6.31. The first-order valence-electron chi connectivity index (χ1n) is 7.79. The van der Waals surface area contributed by atoms with Gasteiger partial charge in [-0.05, 0) is 24.3 Å². The number of ether oxygens (including phenoxy) is 2. The third-order valence-electron chi connectivity index (χ3n) is 3.87. The Kier molecular flexibility index (Phi) is 5.18. The maximum absolute atomic E-state index is 12.6. The zero-order valence-corrected chi connectivity index (χ0v) is 15.4. The first kappa shape index (κ1) is 19.2. The van der Waals surface area contributed by atoms with E-state index in [1.165, 1.54) is 32.4 Å². The van der Waals surface area contributed by atoms with Crippen LogP contribution < -0.4 is 20.4 Å². The third-order valence-corrected chi connectivity index (χ3v) is 4.10. The fraction of sp³-hybridized carbons (Fsp3) is 0.111. The van der Waals surface area contributed by atoms with E-state index in [9.17, 15) is 19.7 Å². The summed E-state index contributed by atoms with van der Waals surface area (Å²) in [6.45, 7) is 0. The van der Waals surface area contributed by atoms with Crippen LogP contribution in [0.3, 0.4) is 0 Å². The number of rotatable bonds is 5. The molecule has 0 radical (unpaired) electrons. The summed E-state index contributed by atoms with van der Waals surface area (Å²) in [4.78, 5) is 35.4. The molecule has 0 fully saturated rings. The molecule has 0 unspecified atom stereocenters. The van der Waals surface area contributed by atoms with Crippen molar-refractivity contribution in [2.75, 3.05) is 19.5 Å². The SMILES string of the molecule is COc1ccc(Cl)cc1NC(=O)c1cc2cc([N+](=O)[O-])cc(OC)c2oc1=O. The van der Waals surface area contributed by atoms with Gasteiger partial charge in [-0.3, -0.25) is 14.9 Å². The largest absolute Gasteiger partial charge is 0.495 e. The molecule has 0 aliphatic heterocycles. The number of nitrogens with one attached hydrogen (secondary N) is 1. The maximum atomic E-state index is 12.6. The summed E-state index contributed by atoms with van der Waals surface area (Å²) >= 11 is 5.93. The normalized spacial score (nSPS) is 10.5. The Morgan fingerprint density at radius 3 is 2.50 bits per heavy atom. The molecule has 0 atom stereocenters. The van der Waals surface area contributed by atoms with Crippen LogP contribution in [0.4, 0.5) is 11.4 Å². The molecular formula is C18H13ClN2O7. The van der Waals surface area contributed by atoms with Crippen LogP contribution in [0.25, 0.3) is 11.0 Å². The summed E-state index contributed by atoms with van der Waals surface area (Å²) in [5, 5.41) is 14.1. The molecule has 10 heteroatoms. The molecule has 0 spiro atoms. The van der Waals surface area contributed by atoms with Crippen molar-refractivity contribution in [2.45, 2.75) is 0 Å². The number of anilines is 1. The third kappa shape index (κ3) is 3.60. The predicted molar refractivity (Wildman–Crippen MR) is 102 cm³/mol. The molecule has 1 amide bonds.